The van der Waals surface area contributed by atoms with Gasteiger partial charge in [0, 0.05) is 5.41 Å². The van der Waals surface area contributed by atoms with Gasteiger partial charge in [0.25, 0.3) is 0 Å². The summed E-state index contributed by atoms with van der Waals surface area (Å²) in [5.41, 5.74) is 2.14. The van der Waals surface area contributed by atoms with Crippen LogP contribution in [-0.2, 0) is 4.74 Å². The number of unbranched alkanes of at least 4 members (excludes halogenated alkanes) is 3. The number of hydrogen-bond acceptors (Lipinski definition) is 2. The van der Waals surface area contributed by atoms with Gasteiger partial charge in [0.15, 0.2) is 0 Å². The maximum atomic E-state index is 6.07. The monoisotopic (exact) mass is 304 g/mol. The highest BCUT2D eigenvalue weighted by Crippen LogP contribution is 2.27. The highest BCUT2D eigenvalue weighted by Gasteiger charge is 2.27. The van der Waals surface area contributed by atoms with Gasteiger partial charge in [-0.2, -0.15) is 0 Å². The van der Waals surface area contributed by atoms with E-state index in [0.717, 1.165) is 29.9 Å². The molecule has 0 heterocycles. The molecule has 1 aromatic rings. The van der Waals surface area contributed by atoms with Crippen LogP contribution in [0.1, 0.15) is 65.9 Å². The van der Waals surface area contributed by atoms with Crippen LogP contribution in [-0.4, -0.2) is 12.9 Å². The minimum Gasteiger partial charge on any atom is -0.464 e. The molecule has 2 nitrogen and oxygen atoms in total. The van der Waals surface area contributed by atoms with Gasteiger partial charge in [-0.15, -0.1) is 0 Å². The first kappa shape index (κ1) is 18.8. The Bertz CT molecular complexity index is 440. The van der Waals surface area contributed by atoms with E-state index in [1.807, 2.05) is 31.2 Å². The van der Waals surface area contributed by atoms with E-state index >= 15 is 0 Å². The molecule has 0 bridgehead atoms. The Labute approximate surface area is 136 Å². The number of hydrogen-bond donors (Lipinski definition) is 0. The molecule has 0 aliphatic heterocycles. The fraction of sp³-hybridized carbons (Fsp3) is 0.600. The first-order valence-corrected chi connectivity index (χ1v) is 8.38. The van der Waals surface area contributed by atoms with Crippen LogP contribution in [0, 0.1) is 5.41 Å². The predicted octanol–water partition coefficient (Wildman–Crippen LogP) is 6.07. The Morgan fingerprint density at radius 3 is 2.23 bits per heavy atom. The Morgan fingerprint density at radius 1 is 1.09 bits per heavy atom. The third-order valence-electron chi connectivity index (χ3n) is 3.56. The Morgan fingerprint density at radius 2 is 1.73 bits per heavy atom. The number of rotatable bonds is 9. The van der Waals surface area contributed by atoms with Crippen molar-refractivity contribution in [3.05, 3.63) is 36.4 Å². The maximum Gasteiger partial charge on any atom is 0.204 e. The quantitative estimate of drug-likeness (QED) is 0.407. The minimum absolute atomic E-state index is 0.0578. The Balaban J connectivity index is 2.59. The molecular formula is C20H32O2. The van der Waals surface area contributed by atoms with E-state index in [0.29, 0.717) is 0 Å². The Kier molecular flexibility index (Phi) is 7.67. The van der Waals surface area contributed by atoms with Crippen molar-refractivity contribution in [2.75, 3.05) is 6.61 Å². The first-order chi connectivity index (χ1) is 10.3. The average Bonchev–Trinajstić information content (AvgIpc) is 2.45. The molecule has 1 atom stereocenters. The smallest absolute Gasteiger partial charge is 0.204 e. The second-order valence-electron chi connectivity index (χ2n) is 7.05. The van der Waals surface area contributed by atoms with Gasteiger partial charge in [0.05, 0.1) is 6.61 Å². The number of benzene rings is 1. The van der Waals surface area contributed by atoms with Crippen molar-refractivity contribution in [3.8, 4) is 5.75 Å². The lowest BCUT2D eigenvalue weighted by Crippen LogP contribution is -2.35. The lowest BCUT2D eigenvalue weighted by molar-refractivity contribution is -0.141. The van der Waals surface area contributed by atoms with Crippen molar-refractivity contribution < 1.29 is 9.47 Å². The van der Waals surface area contributed by atoms with E-state index in [9.17, 15) is 0 Å². The molecule has 0 aliphatic carbocycles. The molecule has 1 rings (SSSR count). The molecule has 0 aromatic heterocycles. The van der Waals surface area contributed by atoms with E-state index in [4.69, 9.17) is 9.47 Å². The van der Waals surface area contributed by atoms with Crippen LogP contribution < -0.4 is 4.74 Å². The predicted molar refractivity (Wildman–Crippen MR) is 95.1 cm³/mol. The van der Waals surface area contributed by atoms with Gasteiger partial charge >= 0.3 is 0 Å². The van der Waals surface area contributed by atoms with E-state index in [2.05, 4.69) is 34.3 Å². The summed E-state index contributed by atoms with van der Waals surface area (Å²) in [5, 5.41) is 0. The third kappa shape index (κ3) is 6.65. The highest BCUT2D eigenvalue weighted by molar-refractivity contribution is 5.61. The molecule has 0 saturated carbocycles. The lowest BCUT2D eigenvalue weighted by atomic mass is 9.96. The van der Waals surface area contributed by atoms with E-state index in [1.54, 1.807) is 0 Å². The summed E-state index contributed by atoms with van der Waals surface area (Å²) in [6.07, 6.45) is 4.60. The summed E-state index contributed by atoms with van der Waals surface area (Å²) < 4.78 is 12.1. The van der Waals surface area contributed by atoms with Crippen molar-refractivity contribution in [1.82, 2.24) is 0 Å². The van der Waals surface area contributed by atoms with Crippen molar-refractivity contribution in [1.29, 1.82) is 0 Å². The topological polar surface area (TPSA) is 18.5 Å². The minimum atomic E-state index is -0.232. The fourth-order valence-electron chi connectivity index (χ4n) is 2.12. The summed E-state index contributed by atoms with van der Waals surface area (Å²) in [6, 6.07) is 8.06. The Hall–Kier alpha value is -1.28. The van der Waals surface area contributed by atoms with Crippen molar-refractivity contribution in [2.24, 2.45) is 5.41 Å². The summed E-state index contributed by atoms with van der Waals surface area (Å²) in [5.74, 6) is 0.846. The second kappa shape index (κ2) is 8.99. The molecule has 1 aromatic carbocycles. The molecule has 0 spiro atoms. The lowest BCUT2D eigenvalue weighted by Gasteiger charge is -2.31. The van der Waals surface area contributed by atoms with Gasteiger partial charge in [0.2, 0.25) is 6.29 Å². The average molecular weight is 304 g/mol. The van der Waals surface area contributed by atoms with Gasteiger partial charge < -0.3 is 9.47 Å². The zero-order valence-corrected chi connectivity index (χ0v) is 14.9. The zero-order chi connectivity index (χ0) is 16.6. The van der Waals surface area contributed by atoms with Crippen molar-refractivity contribution in [2.45, 2.75) is 66.6 Å². The molecule has 0 saturated heterocycles. The molecule has 22 heavy (non-hydrogen) atoms. The van der Waals surface area contributed by atoms with Crippen LogP contribution in [0.15, 0.2) is 30.8 Å². The van der Waals surface area contributed by atoms with Crippen molar-refractivity contribution in [3.63, 3.8) is 0 Å². The maximum absolute atomic E-state index is 6.07. The van der Waals surface area contributed by atoms with Crippen LogP contribution in [0.4, 0.5) is 0 Å². The fourth-order valence-corrected chi connectivity index (χ4v) is 2.12. The molecule has 0 N–H and O–H groups in total. The van der Waals surface area contributed by atoms with Crippen LogP contribution in [0.5, 0.6) is 5.75 Å². The molecule has 0 amide bonds. The van der Waals surface area contributed by atoms with Gasteiger partial charge in [-0.25, -0.2) is 0 Å². The van der Waals surface area contributed by atoms with Gasteiger partial charge in [0.1, 0.15) is 5.75 Å². The first-order valence-electron chi connectivity index (χ1n) is 8.38. The second-order valence-corrected chi connectivity index (χ2v) is 7.05. The van der Waals surface area contributed by atoms with E-state index in [-0.39, 0.29) is 11.7 Å². The van der Waals surface area contributed by atoms with Gasteiger partial charge in [-0.3, -0.25) is 0 Å². The van der Waals surface area contributed by atoms with Gasteiger partial charge in [-0.05, 0) is 31.0 Å². The summed E-state index contributed by atoms with van der Waals surface area (Å²) in [7, 11) is 0. The number of allylic oxidation sites excluding steroid dienone is 1. The molecule has 1 unspecified atom stereocenters. The van der Waals surface area contributed by atoms with E-state index < -0.39 is 0 Å². The van der Waals surface area contributed by atoms with Crippen LogP contribution in [0.2, 0.25) is 0 Å². The standard InChI is InChI=1S/C20H32O2/c1-7-8-9-10-15-21-19(20(4,5)6)22-18-13-11-17(12-14-18)16(2)3/h11-14,19H,2,7-10,15H2,1,3-6H3. The zero-order valence-electron chi connectivity index (χ0n) is 14.9. The SMILES string of the molecule is C=C(C)c1ccc(OC(OCCCCCC)C(C)(C)C)cc1. The van der Waals surface area contributed by atoms with Gasteiger partial charge in [-0.1, -0.05) is 71.2 Å². The summed E-state index contributed by atoms with van der Waals surface area (Å²) in [6.45, 7) is 15.4. The van der Waals surface area contributed by atoms with Crippen molar-refractivity contribution >= 4 is 5.57 Å². The highest BCUT2D eigenvalue weighted by atomic mass is 16.7. The molecule has 0 fully saturated rings. The summed E-state index contributed by atoms with van der Waals surface area (Å²) in [4.78, 5) is 0. The molecule has 124 valence electrons. The van der Waals surface area contributed by atoms with Crippen LogP contribution in [0.25, 0.3) is 5.57 Å². The molecule has 2 heteroatoms. The normalized spacial score (nSPS) is 13.0. The van der Waals surface area contributed by atoms with Crippen LogP contribution in [0.3, 0.4) is 0 Å². The van der Waals surface area contributed by atoms with E-state index in [1.165, 1.54) is 19.3 Å². The number of ether oxygens (including phenoxy) is 2. The third-order valence-corrected chi connectivity index (χ3v) is 3.56. The largest absolute Gasteiger partial charge is 0.464 e. The molecule has 0 radical (unpaired) electrons. The molecular weight excluding hydrogens is 272 g/mol. The molecule has 0 aliphatic rings. The van der Waals surface area contributed by atoms with Crippen LogP contribution >= 0.6 is 0 Å². The summed E-state index contributed by atoms with van der Waals surface area (Å²) >= 11 is 0.